The molecule has 0 radical (unpaired) electrons. The van der Waals surface area contributed by atoms with Crippen molar-refractivity contribution < 1.29 is 4.79 Å². The molecule has 0 spiro atoms. The van der Waals surface area contributed by atoms with E-state index in [0.717, 1.165) is 12.8 Å². The van der Waals surface area contributed by atoms with Crippen LogP contribution in [0.2, 0.25) is 0 Å². The van der Waals surface area contributed by atoms with Crippen LogP contribution in [0.3, 0.4) is 0 Å². The van der Waals surface area contributed by atoms with E-state index in [2.05, 4.69) is 23.7 Å². The van der Waals surface area contributed by atoms with Crippen LogP contribution in [0.1, 0.15) is 43.5 Å². The van der Waals surface area contributed by atoms with Crippen LogP contribution in [0.25, 0.3) is 0 Å². The lowest BCUT2D eigenvalue weighted by atomic mass is 9.97. The van der Waals surface area contributed by atoms with E-state index >= 15 is 0 Å². The molecule has 0 bridgehead atoms. The number of hydrogen-bond acceptors (Lipinski definition) is 4. The van der Waals surface area contributed by atoms with Gasteiger partial charge in [0.05, 0.1) is 17.4 Å². The van der Waals surface area contributed by atoms with Crippen molar-refractivity contribution in [3.8, 4) is 0 Å². The molecule has 1 aromatic rings. The topological polar surface area (TPSA) is 85.2 Å². The zero-order valence-corrected chi connectivity index (χ0v) is 10.9. The van der Waals surface area contributed by atoms with Gasteiger partial charge in [-0.25, -0.2) is 4.98 Å². The number of nitrogens with two attached hydrogens (primary N) is 2. The average molecular weight is 248 g/mol. The minimum Gasteiger partial charge on any atom is -0.397 e. The smallest absolute Gasteiger partial charge is 0.252 e. The Bertz CT molecular complexity index is 450. The molecule has 1 fully saturated rings. The van der Waals surface area contributed by atoms with Crippen molar-refractivity contribution in [3.63, 3.8) is 0 Å². The van der Waals surface area contributed by atoms with E-state index in [0.29, 0.717) is 29.2 Å². The van der Waals surface area contributed by atoms with Gasteiger partial charge >= 0.3 is 0 Å². The molecule has 0 aliphatic carbocycles. The molecular weight excluding hydrogens is 228 g/mol. The van der Waals surface area contributed by atoms with Crippen molar-refractivity contribution in [2.75, 3.05) is 10.6 Å². The maximum absolute atomic E-state index is 11.5. The van der Waals surface area contributed by atoms with Gasteiger partial charge in [0, 0.05) is 12.1 Å². The van der Waals surface area contributed by atoms with Gasteiger partial charge in [-0.3, -0.25) is 4.79 Å². The minimum absolute atomic E-state index is 0.364. The van der Waals surface area contributed by atoms with Gasteiger partial charge in [0.1, 0.15) is 5.82 Å². The van der Waals surface area contributed by atoms with Crippen molar-refractivity contribution in [3.05, 3.63) is 17.8 Å². The van der Waals surface area contributed by atoms with Crippen LogP contribution in [0.5, 0.6) is 0 Å². The lowest BCUT2D eigenvalue weighted by Gasteiger charge is -2.40. The normalized spacial score (nSPS) is 24.0. The summed E-state index contributed by atoms with van der Waals surface area (Å²) in [5.41, 5.74) is 12.0. The molecule has 2 atom stereocenters. The maximum atomic E-state index is 11.5. The van der Waals surface area contributed by atoms with Gasteiger partial charge < -0.3 is 16.4 Å². The molecule has 1 aliphatic rings. The van der Waals surface area contributed by atoms with Crippen LogP contribution in [0.4, 0.5) is 11.5 Å². The van der Waals surface area contributed by atoms with Crippen LogP contribution >= 0.6 is 0 Å². The predicted molar refractivity (Wildman–Crippen MR) is 72.4 cm³/mol. The van der Waals surface area contributed by atoms with Crippen LogP contribution in [0, 0.1) is 0 Å². The summed E-state index contributed by atoms with van der Waals surface area (Å²) >= 11 is 0. The summed E-state index contributed by atoms with van der Waals surface area (Å²) in [4.78, 5) is 18.0. The molecule has 1 amide bonds. The summed E-state index contributed by atoms with van der Waals surface area (Å²) in [6, 6.07) is 2.34. The predicted octanol–water partition coefficient (Wildman–Crippen LogP) is 1.53. The van der Waals surface area contributed by atoms with E-state index < -0.39 is 5.91 Å². The lowest BCUT2D eigenvalue weighted by Crippen LogP contribution is -2.45. The Morgan fingerprint density at radius 3 is 2.56 bits per heavy atom. The number of nitrogens with zero attached hydrogens (tertiary/aromatic N) is 2. The highest BCUT2D eigenvalue weighted by molar-refractivity contribution is 5.98. The van der Waals surface area contributed by atoms with Crippen molar-refractivity contribution in [1.29, 1.82) is 0 Å². The monoisotopic (exact) mass is 248 g/mol. The zero-order chi connectivity index (χ0) is 13.3. The molecule has 0 saturated carbocycles. The molecule has 1 aliphatic heterocycles. The largest absolute Gasteiger partial charge is 0.397 e. The first-order chi connectivity index (χ1) is 8.50. The second-order valence-electron chi connectivity index (χ2n) is 5.04. The van der Waals surface area contributed by atoms with E-state index in [4.69, 9.17) is 11.5 Å². The summed E-state index contributed by atoms with van der Waals surface area (Å²) in [6.07, 6.45) is 5.00. The van der Waals surface area contributed by atoms with Gasteiger partial charge in [-0.1, -0.05) is 0 Å². The Hall–Kier alpha value is -1.78. The third-order valence-electron chi connectivity index (χ3n) is 3.59. The molecule has 2 unspecified atom stereocenters. The number of nitrogen functional groups attached to an aromatic ring is 1. The van der Waals surface area contributed by atoms with Crippen molar-refractivity contribution in [1.82, 2.24) is 4.98 Å². The standard InChI is InChI=1S/C13H20N4O/c1-8-4-3-5-9(2)17(8)13-11(12(15)18)6-10(14)7-16-13/h6-9H,3-5,14H2,1-2H3,(H2,15,18). The highest BCUT2D eigenvalue weighted by atomic mass is 16.1. The fourth-order valence-electron chi connectivity index (χ4n) is 2.70. The number of carbonyl (C=O) groups excluding carboxylic acids is 1. The Kier molecular flexibility index (Phi) is 3.41. The number of hydrogen-bond donors (Lipinski definition) is 2. The molecule has 1 saturated heterocycles. The first kappa shape index (κ1) is 12.7. The highest BCUT2D eigenvalue weighted by Crippen LogP contribution is 2.30. The minimum atomic E-state index is -0.477. The van der Waals surface area contributed by atoms with Crippen molar-refractivity contribution in [2.45, 2.75) is 45.2 Å². The number of aromatic nitrogens is 1. The third-order valence-corrected chi connectivity index (χ3v) is 3.59. The molecule has 1 aromatic heterocycles. The van der Waals surface area contributed by atoms with Crippen molar-refractivity contribution >= 4 is 17.4 Å². The SMILES string of the molecule is CC1CCCC(C)N1c1ncc(N)cc1C(N)=O. The van der Waals surface area contributed by atoms with Crippen LogP contribution in [-0.4, -0.2) is 23.0 Å². The Morgan fingerprint density at radius 1 is 1.39 bits per heavy atom. The summed E-state index contributed by atoms with van der Waals surface area (Å²) in [5.74, 6) is 0.186. The Labute approximate surface area is 107 Å². The molecule has 2 rings (SSSR count). The summed E-state index contributed by atoms with van der Waals surface area (Å²) in [5, 5.41) is 0. The van der Waals surface area contributed by atoms with E-state index in [9.17, 15) is 4.79 Å². The number of amides is 1. The Balaban J connectivity index is 2.45. The number of rotatable bonds is 2. The van der Waals surface area contributed by atoms with Gasteiger partial charge in [-0.2, -0.15) is 0 Å². The number of carbonyl (C=O) groups is 1. The number of primary amides is 1. The van der Waals surface area contributed by atoms with E-state index in [1.807, 2.05) is 0 Å². The molecule has 4 N–H and O–H groups in total. The summed E-state index contributed by atoms with van der Waals surface area (Å²) in [7, 11) is 0. The lowest BCUT2D eigenvalue weighted by molar-refractivity contribution is 0.1000. The molecule has 98 valence electrons. The van der Waals surface area contributed by atoms with Gasteiger partial charge in [0.15, 0.2) is 0 Å². The fraction of sp³-hybridized carbons (Fsp3) is 0.538. The maximum Gasteiger partial charge on any atom is 0.252 e. The molecule has 0 aromatic carbocycles. The molecular formula is C13H20N4O. The fourth-order valence-corrected chi connectivity index (χ4v) is 2.70. The molecule has 18 heavy (non-hydrogen) atoms. The van der Waals surface area contributed by atoms with Crippen LogP contribution in [0.15, 0.2) is 12.3 Å². The van der Waals surface area contributed by atoms with Gasteiger partial charge in [0.2, 0.25) is 0 Å². The third kappa shape index (κ3) is 2.25. The first-order valence-electron chi connectivity index (χ1n) is 6.34. The second kappa shape index (κ2) is 4.84. The second-order valence-corrected chi connectivity index (χ2v) is 5.04. The summed E-state index contributed by atoms with van der Waals surface area (Å²) < 4.78 is 0. The molecule has 2 heterocycles. The molecule has 5 nitrogen and oxygen atoms in total. The van der Waals surface area contributed by atoms with E-state index in [1.54, 1.807) is 12.3 Å². The number of pyridine rings is 1. The van der Waals surface area contributed by atoms with Crippen molar-refractivity contribution in [2.24, 2.45) is 5.73 Å². The highest BCUT2D eigenvalue weighted by Gasteiger charge is 2.28. The first-order valence-corrected chi connectivity index (χ1v) is 6.34. The average Bonchev–Trinajstić information content (AvgIpc) is 2.30. The Morgan fingerprint density at radius 2 is 2.00 bits per heavy atom. The quantitative estimate of drug-likeness (QED) is 0.831. The number of piperidine rings is 1. The van der Waals surface area contributed by atoms with E-state index in [-0.39, 0.29) is 0 Å². The van der Waals surface area contributed by atoms with Crippen LogP contribution in [-0.2, 0) is 0 Å². The molecule has 5 heteroatoms. The summed E-state index contributed by atoms with van der Waals surface area (Å²) in [6.45, 7) is 4.30. The van der Waals surface area contributed by atoms with Gasteiger partial charge in [0.25, 0.3) is 5.91 Å². The zero-order valence-electron chi connectivity index (χ0n) is 10.9. The number of anilines is 2. The van der Waals surface area contributed by atoms with Gasteiger partial charge in [-0.05, 0) is 39.2 Å². The van der Waals surface area contributed by atoms with Gasteiger partial charge in [-0.15, -0.1) is 0 Å². The van der Waals surface area contributed by atoms with Crippen LogP contribution < -0.4 is 16.4 Å². The van der Waals surface area contributed by atoms with E-state index in [1.165, 1.54) is 6.42 Å².